The van der Waals surface area contributed by atoms with Gasteiger partial charge in [0, 0.05) is 38.8 Å². The van der Waals surface area contributed by atoms with Gasteiger partial charge in [0.1, 0.15) is 5.75 Å². The maximum Gasteiger partial charge on any atom is 0.155 e. The molecule has 1 saturated heterocycles. The fraction of sp³-hybridized carbons (Fsp3) is 0.455. The number of hydrogen-bond donors (Lipinski definition) is 0. The Morgan fingerprint density at radius 3 is 2.57 bits per heavy atom. The average molecular weight is 380 g/mol. The lowest BCUT2D eigenvalue weighted by atomic mass is 10.1. The number of nitrogens with zero attached hydrogens (tertiary/aromatic N) is 5. The highest BCUT2D eigenvalue weighted by molar-refractivity contribution is 5.58. The maximum atomic E-state index is 5.51. The second kappa shape index (κ2) is 9.06. The van der Waals surface area contributed by atoms with E-state index in [1.165, 1.54) is 25.1 Å². The van der Waals surface area contributed by atoms with Gasteiger partial charge >= 0.3 is 0 Å². The highest BCUT2D eigenvalue weighted by atomic mass is 16.5. The van der Waals surface area contributed by atoms with Crippen molar-refractivity contribution in [1.82, 2.24) is 19.5 Å². The topological polar surface area (TPSA) is 45.9 Å². The molecule has 0 spiro atoms. The van der Waals surface area contributed by atoms with Crippen LogP contribution in [0.3, 0.4) is 0 Å². The quantitative estimate of drug-likeness (QED) is 0.562. The van der Waals surface area contributed by atoms with E-state index in [4.69, 9.17) is 4.74 Å². The van der Waals surface area contributed by atoms with Crippen LogP contribution < -0.4 is 9.64 Å². The van der Waals surface area contributed by atoms with Crippen LogP contribution >= 0.6 is 0 Å². The molecule has 0 N–H and O–H groups in total. The first kappa shape index (κ1) is 18.7. The standard InChI is InChI=1S/C22H29N5O/c1-28-20-10-5-4-9-19(20)26-17-15-25(16-18-26)13-7-2-3-11-21-23-22-12-6-8-14-27(22)24-21/h4-6,8-10,12,14H,2-3,7,11,13,15-18H2,1H3. The summed E-state index contributed by atoms with van der Waals surface area (Å²) in [6, 6.07) is 14.3. The number of pyridine rings is 1. The number of rotatable bonds is 8. The van der Waals surface area contributed by atoms with Crippen molar-refractivity contribution in [2.75, 3.05) is 44.7 Å². The van der Waals surface area contributed by atoms with Crippen LogP contribution in [-0.2, 0) is 6.42 Å². The molecule has 1 aliphatic rings. The third-order valence-electron chi connectivity index (χ3n) is 5.46. The van der Waals surface area contributed by atoms with Crippen molar-refractivity contribution in [3.63, 3.8) is 0 Å². The predicted molar refractivity (Wildman–Crippen MR) is 112 cm³/mol. The Morgan fingerprint density at radius 1 is 0.929 bits per heavy atom. The zero-order chi connectivity index (χ0) is 19.2. The lowest BCUT2D eigenvalue weighted by molar-refractivity contribution is 0.251. The minimum Gasteiger partial charge on any atom is -0.495 e. The van der Waals surface area contributed by atoms with Gasteiger partial charge in [-0.05, 0) is 43.7 Å². The Balaban J connectivity index is 1.16. The molecular weight excluding hydrogens is 350 g/mol. The summed E-state index contributed by atoms with van der Waals surface area (Å²) < 4.78 is 7.36. The van der Waals surface area contributed by atoms with Crippen molar-refractivity contribution >= 4 is 11.3 Å². The number of methoxy groups -OCH3 is 1. The van der Waals surface area contributed by atoms with Crippen LogP contribution in [0, 0.1) is 0 Å². The summed E-state index contributed by atoms with van der Waals surface area (Å²) in [4.78, 5) is 9.59. The molecule has 0 radical (unpaired) electrons. The van der Waals surface area contributed by atoms with Crippen molar-refractivity contribution < 1.29 is 4.74 Å². The SMILES string of the molecule is COc1ccccc1N1CCN(CCCCCc2nc3ccccn3n2)CC1. The number of unbranched alkanes of at least 4 members (excludes halogenated alkanes) is 2. The van der Waals surface area contributed by atoms with Crippen LogP contribution in [0.5, 0.6) is 5.75 Å². The maximum absolute atomic E-state index is 5.51. The van der Waals surface area contributed by atoms with Crippen LogP contribution in [-0.4, -0.2) is 59.3 Å². The molecule has 0 amide bonds. The van der Waals surface area contributed by atoms with E-state index in [0.717, 1.165) is 56.2 Å². The Kier molecular flexibility index (Phi) is 6.07. The van der Waals surface area contributed by atoms with Crippen LogP contribution in [0.1, 0.15) is 25.1 Å². The van der Waals surface area contributed by atoms with E-state index in [0.29, 0.717) is 0 Å². The zero-order valence-corrected chi connectivity index (χ0v) is 16.6. The van der Waals surface area contributed by atoms with E-state index in [9.17, 15) is 0 Å². The number of ether oxygens (including phenoxy) is 1. The summed E-state index contributed by atoms with van der Waals surface area (Å²) in [5.74, 6) is 1.92. The Labute approximate surface area is 166 Å². The highest BCUT2D eigenvalue weighted by Crippen LogP contribution is 2.28. The molecule has 3 aromatic rings. The Bertz CT molecular complexity index is 852. The van der Waals surface area contributed by atoms with Gasteiger partial charge in [-0.3, -0.25) is 4.90 Å². The van der Waals surface area contributed by atoms with Gasteiger partial charge in [0.15, 0.2) is 11.5 Å². The summed E-state index contributed by atoms with van der Waals surface area (Å²) in [5, 5.41) is 4.53. The molecule has 0 atom stereocenters. The van der Waals surface area contributed by atoms with Crippen LogP contribution in [0.2, 0.25) is 0 Å². The third-order valence-corrected chi connectivity index (χ3v) is 5.46. The third kappa shape index (κ3) is 4.44. The lowest BCUT2D eigenvalue weighted by Crippen LogP contribution is -2.46. The average Bonchev–Trinajstić information content (AvgIpc) is 3.17. The molecule has 6 nitrogen and oxygen atoms in total. The molecule has 0 unspecified atom stereocenters. The Morgan fingerprint density at radius 2 is 1.75 bits per heavy atom. The van der Waals surface area contributed by atoms with Gasteiger partial charge in [0.05, 0.1) is 12.8 Å². The summed E-state index contributed by atoms with van der Waals surface area (Å²) in [6.45, 7) is 5.54. The fourth-order valence-corrected chi connectivity index (χ4v) is 3.88. The van der Waals surface area contributed by atoms with Crippen LogP contribution in [0.25, 0.3) is 5.65 Å². The smallest absolute Gasteiger partial charge is 0.155 e. The molecule has 1 fully saturated rings. The summed E-state index contributed by atoms with van der Waals surface area (Å²) in [6.07, 6.45) is 6.53. The number of fused-ring (bicyclic) bond motifs is 1. The van der Waals surface area contributed by atoms with Gasteiger partial charge in [0.25, 0.3) is 0 Å². The molecule has 148 valence electrons. The molecule has 6 heteroatoms. The van der Waals surface area contributed by atoms with Crippen LogP contribution in [0.15, 0.2) is 48.7 Å². The van der Waals surface area contributed by atoms with Gasteiger partial charge in [-0.2, -0.15) is 5.10 Å². The summed E-state index contributed by atoms with van der Waals surface area (Å²) in [7, 11) is 1.75. The molecule has 0 bridgehead atoms. The van der Waals surface area contributed by atoms with E-state index < -0.39 is 0 Å². The minimum atomic E-state index is 0.936. The minimum absolute atomic E-state index is 0.936. The van der Waals surface area contributed by atoms with E-state index in [2.05, 4.69) is 32.0 Å². The number of benzene rings is 1. The van der Waals surface area contributed by atoms with Gasteiger partial charge in [-0.1, -0.05) is 24.6 Å². The molecule has 0 aliphatic carbocycles. The summed E-state index contributed by atoms with van der Waals surface area (Å²) in [5.41, 5.74) is 2.15. The first-order valence-electron chi connectivity index (χ1n) is 10.2. The normalized spacial score (nSPS) is 15.2. The number of anilines is 1. The Hall–Kier alpha value is -2.60. The van der Waals surface area contributed by atoms with Gasteiger partial charge in [-0.25, -0.2) is 9.50 Å². The molecule has 1 aromatic carbocycles. The molecule has 4 rings (SSSR count). The van der Waals surface area contributed by atoms with Crippen molar-refractivity contribution in [2.24, 2.45) is 0 Å². The molecule has 3 heterocycles. The van der Waals surface area contributed by atoms with E-state index in [1.54, 1.807) is 7.11 Å². The van der Waals surface area contributed by atoms with Crippen molar-refractivity contribution in [1.29, 1.82) is 0 Å². The number of para-hydroxylation sites is 2. The largest absolute Gasteiger partial charge is 0.495 e. The van der Waals surface area contributed by atoms with Crippen LogP contribution in [0.4, 0.5) is 5.69 Å². The second-order valence-electron chi connectivity index (χ2n) is 7.34. The van der Waals surface area contributed by atoms with Crippen molar-refractivity contribution in [2.45, 2.75) is 25.7 Å². The second-order valence-corrected chi connectivity index (χ2v) is 7.34. The zero-order valence-electron chi connectivity index (χ0n) is 16.6. The van der Waals surface area contributed by atoms with Gasteiger partial charge in [-0.15, -0.1) is 0 Å². The number of aromatic nitrogens is 3. The highest BCUT2D eigenvalue weighted by Gasteiger charge is 2.19. The molecular formula is C22H29N5O. The number of hydrogen-bond acceptors (Lipinski definition) is 5. The van der Waals surface area contributed by atoms with Gasteiger partial charge in [0.2, 0.25) is 0 Å². The molecule has 1 aliphatic heterocycles. The van der Waals surface area contributed by atoms with E-state index in [-0.39, 0.29) is 0 Å². The first-order chi connectivity index (χ1) is 13.8. The van der Waals surface area contributed by atoms with Gasteiger partial charge < -0.3 is 9.64 Å². The fourth-order valence-electron chi connectivity index (χ4n) is 3.88. The number of aryl methyl sites for hydroxylation is 1. The number of piperazine rings is 1. The first-order valence-corrected chi connectivity index (χ1v) is 10.2. The lowest BCUT2D eigenvalue weighted by Gasteiger charge is -2.36. The van der Waals surface area contributed by atoms with Crippen molar-refractivity contribution in [3.8, 4) is 5.75 Å². The molecule has 2 aromatic heterocycles. The monoisotopic (exact) mass is 379 g/mol. The van der Waals surface area contributed by atoms with E-state index in [1.807, 2.05) is 41.0 Å². The van der Waals surface area contributed by atoms with E-state index >= 15 is 0 Å². The molecule has 0 saturated carbocycles. The summed E-state index contributed by atoms with van der Waals surface area (Å²) >= 11 is 0. The molecule has 28 heavy (non-hydrogen) atoms. The predicted octanol–water partition coefficient (Wildman–Crippen LogP) is 3.27. The van der Waals surface area contributed by atoms with Crippen molar-refractivity contribution in [3.05, 3.63) is 54.5 Å².